The van der Waals surface area contributed by atoms with Crippen LogP contribution in [-0.4, -0.2) is 29.1 Å². The van der Waals surface area contributed by atoms with E-state index in [0.29, 0.717) is 21.3 Å². The zero-order valence-electron chi connectivity index (χ0n) is 12.7. The van der Waals surface area contributed by atoms with Gasteiger partial charge in [0.25, 0.3) is 5.91 Å². The highest BCUT2D eigenvalue weighted by atomic mass is 32.2. The van der Waals surface area contributed by atoms with Gasteiger partial charge in [-0.2, -0.15) is 0 Å². The molecule has 24 heavy (non-hydrogen) atoms. The Morgan fingerprint density at radius 3 is 2.58 bits per heavy atom. The molecule has 6 nitrogen and oxygen atoms in total. The molecular weight excluding hydrogens is 326 g/mol. The SMILES string of the molecule is COC(=O)c1ccc(N=C2NC(=O)/C(=C/c3ccncc3)S2)cc1. The van der Waals surface area contributed by atoms with Crippen LogP contribution in [-0.2, 0) is 9.53 Å². The van der Waals surface area contributed by atoms with Crippen molar-refractivity contribution in [3.05, 3.63) is 64.8 Å². The molecule has 1 aliphatic heterocycles. The Morgan fingerprint density at radius 1 is 1.21 bits per heavy atom. The summed E-state index contributed by atoms with van der Waals surface area (Å²) in [5.74, 6) is -0.595. The highest BCUT2D eigenvalue weighted by Crippen LogP contribution is 2.28. The van der Waals surface area contributed by atoms with E-state index in [0.717, 1.165) is 5.56 Å². The van der Waals surface area contributed by atoms with Crippen LogP contribution in [0.25, 0.3) is 6.08 Å². The van der Waals surface area contributed by atoms with Gasteiger partial charge in [-0.1, -0.05) is 0 Å². The normalized spacial score (nSPS) is 17.1. The first-order valence-electron chi connectivity index (χ1n) is 7.04. The van der Waals surface area contributed by atoms with E-state index in [1.807, 2.05) is 12.1 Å². The van der Waals surface area contributed by atoms with Crippen molar-refractivity contribution in [1.29, 1.82) is 0 Å². The van der Waals surface area contributed by atoms with E-state index in [2.05, 4.69) is 20.0 Å². The molecule has 0 atom stereocenters. The van der Waals surface area contributed by atoms with Crippen LogP contribution < -0.4 is 5.32 Å². The van der Waals surface area contributed by atoms with E-state index < -0.39 is 5.97 Å². The quantitative estimate of drug-likeness (QED) is 0.687. The fourth-order valence-corrected chi connectivity index (χ4v) is 2.84. The Bertz CT molecular complexity index is 830. The van der Waals surface area contributed by atoms with Gasteiger partial charge in [-0.05, 0) is 59.8 Å². The summed E-state index contributed by atoms with van der Waals surface area (Å²) in [7, 11) is 1.33. The van der Waals surface area contributed by atoms with Gasteiger partial charge in [0.1, 0.15) is 0 Å². The van der Waals surface area contributed by atoms with Crippen molar-refractivity contribution >= 4 is 40.6 Å². The predicted molar refractivity (Wildman–Crippen MR) is 92.8 cm³/mol. The van der Waals surface area contributed by atoms with Gasteiger partial charge in [-0.15, -0.1) is 0 Å². The number of aliphatic imine (C=N–C) groups is 1. The third kappa shape index (κ3) is 3.69. The monoisotopic (exact) mass is 339 g/mol. The first-order chi connectivity index (χ1) is 11.7. The van der Waals surface area contributed by atoms with Crippen LogP contribution in [0, 0.1) is 0 Å². The van der Waals surface area contributed by atoms with Crippen molar-refractivity contribution in [2.75, 3.05) is 7.11 Å². The number of rotatable bonds is 3. The summed E-state index contributed by atoms with van der Waals surface area (Å²) in [5, 5.41) is 3.21. The van der Waals surface area contributed by atoms with E-state index in [4.69, 9.17) is 0 Å². The van der Waals surface area contributed by atoms with E-state index in [1.165, 1.54) is 18.9 Å². The second kappa shape index (κ2) is 7.10. The number of pyridine rings is 1. The van der Waals surface area contributed by atoms with Crippen molar-refractivity contribution in [2.24, 2.45) is 4.99 Å². The molecule has 0 saturated carbocycles. The van der Waals surface area contributed by atoms with Crippen molar-refractivity contribution in [3.63, 3.8) is 0 Å². The third-order valence-corrected chi connectivity index (χ3v) is 4.08. The van der Waals surface area contributed by atoms with Gasteiger partial charge >= 0.3 is 5.97 Å². The average molecular weight is 339 g/mol. The predicted octanol–water partition coefficient (Wildman–Crippen LogP) is 2.76. The first kappa shape index (κ1) is 15.9. The van der Waals surface area contributed by atoms with Crippen molar-refractivity contribution in [3.8, 4) is 0 Å². The fourth-order valence-electron chi connectivity index (χ4n) is 2.00. The number of hydrogen-bond acceptors (Lipinski definition) is 6. The summed E-state index contributed by atoms with van der Waals surface area (Å²) in [6.45, 7) is 0. The van der Waals surface area contributed by atoms with Crippen molar-refractivity contribution < 1.29 is 14.3 Å². The molecule has 2 heterocycles. The molecule has 0 radical (unpaired) electrons. The number of carbonyl (C=O) groups is 2. The maximum Gasteiger partial charge on any atom is 0.337 e. The number of amides is 1. The summed E-state index contributed by atoms with van der Waals surface area (Å²) >= 11 is 1.26. The molecule has 120 valence electrons. The van der Waals surface area contributed by atoms with Gasteiger partial charge in [-0.25, -0.2) is 9.79 Å². The summed E-state index contributed by atoms with van der Waals surface area (Å²) < 4.78 is 4.65. The lowest BCUT2D eigenvalue weighted by molar-refractivity contribution is -0.115. The summed E-state index contributed by atoms with van der Waals surface area (Å²) in [5.41, 5.74) is 1.98. The number of carbonyl (C=O) groups excluding carboxylic acids is 2. The molecule has 1 N–H and O–H groups in total. The molecule has 0 aliphatic carbocycles. The number of aromatic nitrogens is 1. The lowest BCUT2D eigenvalue weighted by Crippen LogP contribution is -2.19. The van der Waals surface area contributed by atoms with E-state index in [-0.39, 0.29) is 5.91 Å². The highest BCUT2D eigenvalue weighted by Gasteiger charge is 2.23. The van der Waals surface area contributed by atoms with E-state index in [9.17, 15) is 9.59 Å². The molecule has 0 unspecified atom stereocenters. The van der Waals surface area contributed by atoms with Crippen LogP contribution in [0.3, 0.4) is 0 Å². The number of amidine groups is 1. The van der Waals surface area contributed by atoms with Crippen molar-refractivity contribution in [1.82, 2.24) is 10.3 Å². The Balaban J connectivity index is 1.77. The van der Waals surface area contributed by atoms with E-state index >= 15 is 0 Å². The third-order valence-electron chi connectivity index (χ3n) is 3.17. The van der Waals surface area contributed by atoms with Gasteiger partial charge in [0.2, 0.25) is 0 Å². The number of methoxy groups -OCH3 is 1. The van der Waals surface area contributed by atoms with Gasteiger partial charge < -0.3 is 10.1 Å². The maximum atomic E-state index is 12.0. The molecule has 1 aliphatic rings. The second-order valence-corrected chi connectivity index (χ2v) is 5.83. The topological polar surface area (TPSA) is 80.6 Å². The number of nitrogens with zero attached hydrogens (tertiary/aromatic N) is 2. The molecule has 1 aromatic heterocycles. The molecule has 1 amide bonds. The Labute approximate surface area is 142 Å². The standard InChI is InChI=1S/C17H13N3O3S/c1-23-16(22)12-2-4-13(5-3-12)19-17-20-15(21)14(24-17)10-11-6-8-18-9-7-11/h2-10H,1H3,(H,19,20,21)/b14-10-. The maximum absolute atomic E-state index is 12.0. The Hall–Kier alpha value is -2.93. The molecule has 0 spiro atoms. The zero-order chi connectivity index (χ0) is 16.9. The summed E-state index contributed by atoms with van der Waals surface area (Å²) in [6.07, 6.45) is 5.12. The minimum Gasteiger partial charge on any atom is -0.465 e. The molecule has 3 rings (SSSR count). The largest absolute Gasteiger partial charge is 0.465 e. The van der Waals surface area contributed by atoms with Crippen LogP contribution >= 0.6 is 11.8 Å². The Morgan fingerprint density at radius 2 is 1.92 bits per heavy atom. The summed E-state index contributed by atoms with van der Waals surface area (Å²) in [6, 6.07) is 10.3. The number of esters is 1. The number of thioether (sulfide) groups is 1. The fraction of sp³-hybridized carbons (Fsp3) is 0.0588. The van der Waals surface area contributed by atoms with Gasteiger partial charge in [-0.3, -0.25) is 9.78 Å². The van der Waals surface area contributed by atoms with Gasteiger partial charge in [0, 0.05) is 12.4 Å². The number of hydrogen-bond donors (Lipinski definition) is 1. The van der Waals surface area contributed by atoms with Crippen molar-refractivity contribution in [2.45, 2.75) is 0 Å². The first-order valence-corrected chi connectivity index (χ1v) is 7.85. The average Bonchev–Trinajstić information content (AvgIpc) is 2.95. The smallest absolute Gasteiger partial charge is 0.337 e. The number of benzene rings is 1. The highest BCUT2D eigenvalue weighted by molar-refractivity contribution is 8.18. The van der Waals surface area contributed by atoms with Crippen LogP contribution in [0.5, 0.6) is 0 Å². The van der Waals surface area contributed by atoms with Crippen LogP contribution in [0.1, 0.15) is 15.9 Å². The van der Waals surface area contributed by atoms with Gasteiger partial charge in [0.05, 0.1) is 23.3 Å². The minimum absolute atomic E-state index is 0.193. The zero-order valence-corrected chi connectivity index (χ0v) is 13.5. The molecule has 0 bridgehead atoms. The van der Waals surface area contributed by atoms with Crippen LogP contribution in [0.4, 0.5) is 5.69 Å². The minimum atomic E-state index is -0.402. The van der Waals surface area contributed by atoms with Gasteiger partial charge in [0.15, 0.2) is 5.17 Å². The molecule has 2 aromatic rings. The molecular formula is C17H13N3O3S. The van der Waals surface area contributed by atoms with E-state index in [1.54, 1.807) is 42.7 Å². The lowest BCUT2D eigenvalue weighted by atomic mass is 10.2. The van der Waals surface area contributed by atoms with Crippen LogP contribution in [0.2, 0.25) is 0 Å². The second-order valence-electron chi connectivity index (χ2n) is 4.80. The lowest BCUT2D eigenvalue weighted by Gasteiger charge is -2.00. The number of ether oxygens (including phenoxy) is 1. The molecule has 7 heteroatoms. The Kier molecular flexibility index (Phi) is 4.72. The molecule has 1 fully saturated rings. The molecule has 1 saturated heterocycles. The number of nitrogens with one attached hydrogen (secondary N) is 1. The summed E-state index contributed by atoms with van der Waals surface area (Å²) in [4.78, 5) is 32.3. The van der Waals surface area contributed by atoms with Crippen LogP contribution in [0.15, 0.2) is 58.7 Å². The molecule has 1 aromatic carbocycles.